The van der Waals surface area contributed by atoms with Crippen LogP contribution >= 0.6 is 0 Å². The molecule has 78 valence electrons. The van der Waals surface area contributed by atoms with Gasteiger partial charge in [-0.05, 0) is 39.4 Å². The lowest BCUT2D eigenvalue weighted by atomic mass is 10.1. The van der Waals surface area contributed by atoms with Crippen molar-refractivity contribution >= 4 is 0 Å². The molecule has 0 radical (unpaired) electrons. The van der Waals surface area contributed by atoms with Crippen LogP contribution in [-0.2, 0) is 0 Å². The Balaban J connectivity index is 2.15. The fourth-order valence-electron chi connectivity index (χ4n) is 1.77. The molecule has 0 aromatic carbocycles. The summed E-state index contributed by atoms with van der Waals surface area (Å²) >= 11 is 0. The Hall–Kier alpha value is -0.0800. The third-order valence-corrected chi connectivity index (χ3v) is 2.58. The van der Waals surface area contributed by atoms with Crippen molar-refractivity contribution in [2.45, 2.75) is 38.6 Å². The fraction of sp³-hybridized carbons (Fsp3) is 1.00. The van der Waals surface area contributed by atoms with E-state index in [9.17, 15) is 0 Å². The van der Waals surface area contributed by atoms with Crippen molar-refractivity contribution in [2.75, 3.05) is 27.2 Å². The number of nitrogens with zero attached hydrogens (tertiary/aromatic N) is 1. The molecular formula is C11H24N2. The lowest BCUT2D eigenvalue weighted by Crippen LogP contribution is -2.38. The predicted octanol–water partition coefficient (Wildman–Crippen LogP) is 1.72. The van der Waals surface area contributed by atoms with Crippen molar-refractivity contribution in [3.8, 4) is 0 Å². The first kappa shape index (κ1) is 11.0. The number of hydrogen-bond donors (Lipinski definition) is 1. The van der Waals surface area contributed by atoms with Crippen LogP contribution < -0.4 is 5.32 Å². The molecule has 2 heteroatoms. The van der Waals surface area contributed by atoms with Crippen molar-refractivity contribution < 1.29 is 0 Å². The molecule has 1 rings (SSSR count). The molecule has 2 nitrogen and oxygen atoms in total. The van der Waals surface area contributed by atoms with E-state index < -0.39 is 0 Å². The summed E-state index contributed by atoms with van der Waals surface area (Å²) in [6.07, 6.45) is 5.57. The SMILES string of the molecule is CCCNC(CC1CC1)CN(C)C. The lowest BCUT2D eigenvalue weighted by molar-refractivity contribution is 0.319. The van der Waals surface area contributed by atoms with Crippen molar-refractivity contribution in [3.05, 3.63) is 0 Å². The van der Waals surface area contributed by atoms with E-state index in [-0.39, 0.29) is 0 Å². The number of likely N-dealkylation sites (N-methyl/N-ethyl adjacent to an activating group) is 1. The monoisotopic (exact) mass is 184 g/mol. The highest BCUT2D eigenvalue weighted by molar-refractivity contribution is 4.81. The molecule has 0 bridgehead atoms. The van der Waals surface area contributed by atoms with Crippen LogP contribution in [0, 0.1) is 5.92 Å². The summed E-state index contributed by atoms with van der Waals surface area (Å²) in [5.41, 5.74) is 0. The van der Waals surface area contributed by atoms with Gasteiger partial charge < -0.3 is 10.2 Å². The minimum atomic E-state index is 0.724. The second-order valence-corrected chi connectivity index (χ2v) is 4.59. The van der Waals surface area contributed by atoms with Gasteiger partial charge in [-0.1, -0.05) is 19.8 Å². The highest BCUT2D eigenvalue weighted by Crippen LogP contribution is 2.33. The summed E-state index contributed by atoms with van der Waals surface area (Å²) in [7, 11) is 4.32. The molecule has 1 saturated carbocycles. The second kappa shape index (κ2) is 5.61. The maximum absolute atomic E-state index is 3.63. The third kappa shape index (κ3) is 5.27. The average molecular weight is 184 g/mol. The first-order chi connectivity index (χ1) is 6.22. The van der Waals surface area contributed by atoms with Crippen LogP contribution in [0.25, 0.3) is 0 Å². The summed E-state index contributed by atoms with van der Waals surface area (Å²) in [6.45, 7) is 4.60. The zero-order valence-corrected chi connectivity index (χ0v) is 9.34. The molecule has 1 fully saturated rings. The van der Waals surface area contributed by atoms with Gasteiger partial charge in [0.05, 0.1) is 0 Å². The Morgan fingerprint density at radius 3 is 2.54 bits per heavy atom. The van der Waals surface area contributed by atoms with E-state index in [1.807, 2.05) is 0 Å². The standard InChI is InChI=1S/C11H24N2/c1-4-7-12-11(9-13(2)3)8-10-5-6-10/h10-12H,4-9H2,1-3H3. The third-order valence-electron chi connectivity index (χ3n) is 2.58. The van der Waals surface area contributed by atoms with E-state index in [1.165, 1.54) is 38.8 Å². The summed E-state index contributed by atoms with van der Waals surface area (Å²) in [6, 6.07) is 0.724. The normalized spacial score (nSPS) is 19.4. The number of nitrogens with one attached hydrogen (secondary N) is 1. The van der Waals surface area contributed by atoms with E-state index in [0.29, 0.717) is 0 Å². The molecule has 1 atom stereocenters. The van der Waals surface area contributed by atoms with Gasteiger partial charge in [0.15, 0.2) is 0 Å². The van der Waals surface area contributed by atoms with Crippen molar-refractivity contribution in [3.63, 3.8) is 0 Å². The minimum Gasteiger partial charge on any atom is -0.313 e. The molecule has 0 aromatic heterocycles. The van der Waals surface area contributed by atoms with Gasteiger partial charge in [0, 0.05) is 12.6 Å². The Morgan fingerprint density at radius 1 is 1.38 bits per heavy atom. The maximum Gasteiger partial charge on any atom is 0.0197 e. The van der Waals surface area contributed by atoms with E-state index in [1.54, 1.807) is 0 Å². The molecule has 13 heavy (non-hydrogen) atoms. The van der Waals surface area contributed by atoms with E-state index in [0.717, 1.165) is 12.0 Å². The first-order valence-electron chi connectivity index (χ1n) is 5.60. The second-order valence-electron chi connectivity index (χ2n) is 4.59. The van der Waals surface area contributed by atoms with Crippen molar-refractivity contribution in [2.24, 2.45) is 5.92 Å². The van der Waals surface area contributed by atoms with Gasteiger partial charge >= 0.3 is 0 Å². The van der Waals surface area contributed by atoms with Crippen LogP contribution in [0.2, 0.25) is 0 Å². The molecule has 0 saturated heterocycles. The fourth-order valence-corrected chi connectivity index (χ4v) is 1.77. The van der Waals surface area contributed by atoms with Gasteiger partial charge in [-0.25, -0.2) is 0 Å². The van der Waals surface area contributed by atoms with Gasteiger partial charge in [0.25, 0.3) is 0 Å². The van der Waals surface area contributed by atoms with Crippen molar-refractivity contribution in [1.82, 2.24) is 10.2 Å². The molecular weight excluding hydrogens is 160 g/mol. The quantitative estimate of drug-likeness (QED) is 0.648. The smallest absolute Gasteiger partial charge is 0.0197 e. The molecule has 1 aliphatic rings. The summed E-state index contributed by atoms with van der Waals surface area (Å²) in [5.74, 6) is 1.04. The average Bonchev–Trinajstić information content (AvgIpc) is 2.83. The molecule has 0 aliphatic heterocycles. The minimum absolute atomic E-state index is 0.724. The maximum atomic E-state index is 3.63. The van der Waals surface area contributed by atoms with E-state index >= 15 is 0 Å². The molecule has 0 heterocycles. The molecule has 0 amide bonds. The number of hydrogen-bond acceptors (Lipinski definition) is 2. The van der Waals surface area contributed by atoms with Crippen molar-refractivity contribution in [1.29, 1.82) is 0 Å². The van der Waals surface area contributed by atoms with Gasteiger partial charge in [-0.15, -0.1) is 0 Å². The topological polar surface area (TPSA) is 15.3 Å². The molecule has 1 aliphatic carbocycles. The highest BCUT2D eigenvalue weighted by Gasteiger charge is 2.25. The van der Waals surface area contributed by atoms with Crippen LogP contribution in [0.5, 0.6) is 0 Å². The van der Waals surface area contributed by atoms with E-state index in [4.69, 9.17) is 0 Å². The van der Waals surface area contributed by atoms with Crippen LogP contribution in [0.4, 0.5) is 0 Å². The largest absolute Gasteiger partial charge is 0.313 e. The van der Waals surface area contributed by atoms with Gasteiger partial charge in [-0.2, -0.15) is 0 Å². The summed E-state index contributed by atoms with van der Waals surface area (Å²) in [4.78, 5) is 2.29. The molecule has 0 aromatic rings. The molecule has 0 spiro atoms. The van der Waals surface area contributed by atoms with Gasteiger partial charge in [-0.3, -0.25) is 0 Å². The predicted molar refractivity (Wildman–Crippen MR) is 58.0 cm³/mol. The van der Waals surface area contributed by atoms with E-state index in [2.05, 4.69) is 31.2 Å². The summed E-state index contributed by atoms with van der Waals surface area (Å²) in [5, 5.41) is 3.63. The Morgan fingerprint density at radius 2 is 2.08 bits per heavy atom. The Bertz CT molecular complexity index is 126. The molecule has 1 unspecified atom stereocenters. The highest BCUT2D eigenvalue weighted by atomic mass is 15.1. The van der Waals surface area contributed by atoms with Crippen LogP contribution in [0.1, 0.15) is 32.6 Å². The Kier molecular flexibility index (Phi) is 4.74. The Labute approximate surface area is 82.7 Å². The van der Waals surface area contributed by atoms with Crippen LogP contribution in [-0.4, -0.2) is 38.1 Å². The zero-order chi connectivity index (χ0) is 9.68. The summed E-state index contributed by atoms with van der Waals surface area (Å²) < 4.78 is 0. The zero-order valence-electron chi connectivity index (χ0n) is 9.34. The number of rotatable bonds is 7. The van der Waals surface area contributed by atoms with Gasteiger partial charge in [0.1, 0.15) is 0 Å². The lowest BCUT2D eigenvalue weighted by Gasteiger charge is -2.22. The van der Waals surface area contributed by atoms with Crippen LogP contribution in [0.3, 0.4) is 0 Å². The van der Waals surface area contributed by atoms with Crippen LogP contribution in [0.15, 0.2) is 0 Å². The molecule has 1 N–H and O–H groups in total. The van der Waals surface area contributed by atoms with Gasteiger partial charge in [0.2, 0.25) is 0 Å². The first-order valence-corrected chi connectivity index (χ1v) is 5.60.